The molecule has 20 heavy (non-hydrogen) atoms. The second-order valence-electron chi connectivity index (χ2n) is 5.46. The number of hydrogen-bond donors (Lipinski definition) is 0. The molecule has 2 heteroatoms. The van der Waals surface area contributed by atoms with Crippen molar-refractivity contribution in [3.05, 3.63) is 71.3 Å². The molecule has 0 aliphatic carbocycles. The van der Waals surface area contributed by atoms with Crippen LogP contribution in [0.1, 0.15) is 27.4 Å². The van der Waals surface area contributed by atoms with E-state index in [1.807, 2.05) is 44.4 Å². The SMILES string of the molecule is Cc1ccc(C(CN(C)C)C(=O)c2ccccc2)cc1. The Hall–Kier alpha value is -1.93. The van der Waals surface area contributed by atoms with Crippen molar-refractivity contribution in [1.82, 2.24) is 4.90 Å². The fraction of sp³-hybridized carbons (Fsp3) is 0.278. The van der Waals surface area contributed by atoms with E-state index in [0.29, 0.717) is 0 Å². The number of ketones is 1. The quantitative estimate of drug-likeness (QED) is 0.772. The summed E-state index contributed by atoms with van der Waals surface area (Å²) < 4.78 is 0. The zero-order valence-corrected chi connectivity index (χ0v) is 12.3. The van der Waals surface area contributed by atoms with Crippen LogP contribution in [-0.4, -0.2) is 31.3 Å². The summed E-state index contributed by atoms with van der Waals surface area (Å²) in [6.45, 7) is 2.78. The van der Waals surface area contributed by atoms with Gasteiger partial charge < -0.3 is 4.90 Å². The Morgan fingerprint density at radius 3 is 2.15 bits per heavy atom. The Kier molecular flexibility index (Phi) is 4.70. The van der Waals surface area contributed by atoms with Crippen molar-refractivity contribution in [3.63, 3.8) is 0 Å². The average Bonchev–Trinajstić information content (AvgIpc) is 2.46. The van der Waals surface area contributed by atoms with Crippen molar-refractivity contribution >= 4 is 5.78 Å². The highest BCUT2D eigenvalue weighted by molar-refractivity contribution is 6.01. The van der Waals surface area contributed by atoms with Gasteiger partial charge in [0.05, 0.1) is 5.92 Å². The highest BCUT2D eigenvalue weighted by Gasteiger charge is 2.22. The maximum atomic E-state index is 12.7. The van der Waals surface area contributed by atoms with E-state index >= 15 is 0 Å². The highest BCUT2D eigenvalue weighted by atomic mass is 16.1. The van der Waals surface area contributed by atoms with Crippen molar-refractivity contribution in [2.75, 3.05) is 20.6 Å². The fourth-order valence-corrected chi connectivity index (χ4v) is 2.31. The van der Waals surface area contributed by atoms with Gasteiger partial charge in [0, 0.05) is 12.1 Å². The molecule has 0 amide bonds. The average molecular weight is 267 g/mol. The zero-order valence-electron chi connectivity index (χ0n) is 12.3. The Balaban J connectivity index is 2.32. The van der Waals surface area contributed by atoms with Crippen LogP contribution in [0.25, 0.3) is 0 Å². The molecule has 0 fully saturated rings. The lowest BCUT2D eigenvalue weighted by atomic mass is 9.90. The standard InChI is InChI=1S/C18H21NO/c1-14-9-11-15(12-10-14)17(13-19(2)3)18(20)16-7-5-4-6-8-16/h4-12,17H,13H2,1-3H3. The number of rotatable bonds is 5. The van der Waals surface area contributed by atoms with Gasteiger partial charge in [-0.15, -0.1) is 0 Å². The molecule has 0 saturated carbocycles. The maximum Gasteiger partial charge on any atom is 0.171 e. The van der Waals surface area contributed by atoms with Gasteiger partial charge in [-0.1, -0.05) is 60.2 Å². The molecule has 2 aromatic rings. The molecule has 2 nitrogen and oxygen atoms in total. The van der Waals surface area contributed by atoms with E-state index in [9.17, 15) is 4.79 Å². The van der Waals surface area contributed by atoms with Gasteiger partial charge >= 0.3 is 0 Å². The zero-order chi connectivity index (χ0) is 14.5. The molecular weight excluding hydrogens is 246 g/mol. The lowest BCUT2D eigenvalue weighted by Crippen LogP contribution is -2.26. The number of aryl methyl sites for hydroxylation is 1. The van der Waals surface area contributed by atoms with Gasteiger partial charge in [-0.25, -0.2) is 0 Å². The van der Waals surface area contributed by atoms with E-state index in [1.165, 1.54) is 5.56 Å². The van der Waals surface area contributed by atoms with Crippen molar-refractivity contribution in [2.45, 2.75) is 12.8 Å². The van der Waals surface area contributed by atoms with E-state index in [-0.39, 0.29) is 11.7 Å². The molecule has 0 aliphatic heterocycles. The molecule has 0 aromatic heterocycles. The van der Waals surface area contributed by atoms with Crippen LogP contribution < -0.4 is 0 Å². The summed E-state index contributed by atoms with van der Waals surface area (Å²) in [6.07, 6.45) is 0. The molecule has 2 aromatic carbocycles. The number of benzene rings is 2. The predicted octanol–water partition coefficient (Wildman–Crippen LogP) is 3.52. The molecule has 1 atom stereocenters. The van der Waals surface area contributed by atoms with Crippen LogP contribution in [0.2, 0.25) is 0 Å². The Morgan fingerprint density at radius 1 is 1.00 bits per heavy atom. The normalized spacial score (nSPS) is 12.4. The second kappa shape index (κ2) is 6.49. The third kappa shape index (κ3) is 3.55. The Bertz CT molecular complexity index is 558. The van der Waals surface area contributed by atoms with E-state index in [0.717, 1.165) is 17.7 Å². The minimum atomic E-state index is -0.118. The molecule has 0 aliphatic rings. The number of carbonyl (C=O) groups is 1. The predicted molar refractivity (Wildman–Crippen MR) is 83.2 cm³/mol. The number of carbonyl (C=O) groups excluding carboxylic acids is 1. The van der Waals surface area contributed by atoms with Crippen molar-refractivity contribution in [2.24, 2.45) is 0 Å². The van der Waals surface area contributed by atoms with Crippen molar-refractivity contribution in [3.8, 4) is 0 Å². The van der Waals surface area contributed by atoms with Gasteiger partial charge in [-0.05, 0) is 26.6 Å². The summed E-state index contributed by atoms with van der Waals surface area (Å²) in [5.41, 5.74) is 3.07. The molecule has 0 bridgehead atoms. The largest absolute Gasteiger partial charge is 0.308 e. The van der Waals surface area contributed by atoms with Crippen molar-refractivity contribution in [1.29, 1.82) is 0 Å². The van der Waals surface area contributed by atoms with E-state index in [2.05, 4.69) is 36.1 Å². The first kappa shape index (κ1) is 14.5. The molecule has 0 spiro atoms. The molecule has 0 radical (unpaired) electrons. The first-order valence-electron chi connectivity index (χ1n) is 6.88. The number of Topliss-reactive ketones (excluding diaryl/α,β-unsaturated/α-hetero) is 1. The summed E-state index contributed by atoms with van der Waals surface area (Å²) in [6, 6.07) is 17.8. The first-order chi connectivity index (χ1) is 9.58. The van der Waals surface area contributed by atoms with Gasteiger partial charge in [-0.2, -0.15) is 0 Å². The fourth-order valence-electron chi connectivity index (χ4n) is 2.31. The molecular formula is C18H21NO. The van der Waals surface area contributed by atoms with Gasteiger partial charge in [0.15, 0.2) is 5.78 Å². The van der Waals surface area contributed by atoms with Gasteiger partial charge in [-0.3, -0.25) is 4.79 Å². The summed E-state index contributed by atoms with van der Waals surface area (Å²) >= 11 is 0. The summed E-state index contributed by atoms with van der Waals surface area (Å²) in [4.78, 5) is 14.8. The minimum absolute atomic E-state index is 0.118. The topological polar surface area (TPSA) is 20.3 Å². The Labute approximate surface area is 121 Å². The molecule has 0 heterocycles. The molecule has 0 saturated heterocycles. The number of hydrogen-bond acceptors (Lipinski definition) is 2. The third-order valence-electron chi connectivity index (χ3n) is 3.40. The first-order valence-corrected chi connectivity index (χ1v) is 6.88. The number of nitrogens with zero attached hydrogens (tertiary/aromatic N) is 1. The van der Waals surface area contributed by atoms with E-state index in [4.69, 9.17) is 0 Å². The Morgan fingerprint density at radius 2 is 1.60 bits per heavy atom. The van der Waals surface area contributed by atoms with Crippen LogP contribution >= 0.6 is 0 Å². The molecule has 104 valence electrons. The number of likely N-dealkylation sites (N-methyl/N-ethyl adjacent to an activating group) is 1. The van der Waals surface area contributed by atoms with E-state index in [1.54, 1.807) is 0 Å². The summed E-state index contributed by atoms with van der Waals surface area (Å²) in [5, 5.41) is 0. The van der Waals surface area contributed by atoms with Gasteiger partial charge in [0.1, 0.15) is 0 Å². The lowest BCUT2D eigenvalue weighted by molar-refractivity contribution is 0.0945. The molecule has 1 unspecified atom stereocenters. The molecule has 2 rings (SSSR count). The van der Waals surface area contributed by atoms with Crippen molar-refractivity contribution < 1.29 is 4.79 Å². The highest BCUT2D eigenvalue weighted by Crippen LogP contribution is 2.22. The third-order valence-corrected chi connectivity index (χ3v) is 3.40. The summed E-state index contributed by atoms with van der Waals surface area (Å²) in [7, 11) is 4.00. The van der Waals surface area contributed by atoms with E-state index < -0.39 is 0 Å². The van der Waals surface area contributed by atoms with Crippen LogP contribution in [-0.2, 0) is 0 Å². The van der Waals surface area contributed by atoms with Crippen LogP contribution in [0.4, 0.5) is 0 Å². The van der Waals surface area contributed by atoms with Crippen LogP contribution in [0.5, 0.6) is 0 Å². The smallest absolute Gasteiger partial charge is 0.171 e. The second-order valence-corrected chi connectivity index (χ2v) is 5.46. The maximum absolute atomic E-state index is 12.7. The van der Waals surface area contributed by atoms with Gasteiger partial charge in [0.25, 0.3) is 0 Å². The van der Waals surface area contributed by atoms with Crippen LogP contribution in [0.15, 0.2) is 54.6 Å². The summed E-state index contributed by atoms with van der Waals surface area (Å²) in [5.74, 6) is 0.0659. The van der Waals surface area contributed by atoms with Crippen LogP contribution in [0.3, 0.4) is 0 Å². The lowest BCUT2D eigenvalue weighted by Gasteiger charge is -2.20. The monoisotopic (exact) mass is 267 g/mol. The minimum Gasteiger partial charge on any atom is -0.308 e. The van der Waals surface area contributed by atoms with Crippen LogP contribution in [0, 0.1) is 6.92 Å². The van der Waals surface area contributed by atoms with Gasteiger partial charge in [0.2, 0.25) is 0 Å². The molecule has 0 N–H and O–H groups in total.